The first-order chi connectivity index (χ1) is 13.3. The molecule has 0 atom stereocenters. The first-order valence-corrected chi connectivity index (χ1v) is 8.15. The smallest absolute Gasteiger partial charge is 0.387 e. The number of alkyl halides is 4. The molecule has 2 heterocycles. The van der Waals surface area contributed by atoms with Gasteiger partial charge in [0.05, 0.1) is 22.9 Å². The summed E-state index contributed by atoms with van der Waals surface area (Å²) in [5.74, 6) is -0.729. The Kier molecular flexibility index (Phi) is 5.88. The lowest BCUT2D eigenvalue weighted by atomic mass is 10.2. The van der Waals surface area contributed by atoms with E-state index in [1.54, 1.807) is 12.1 Å². The first-order valence-electron chi connectivity index (χ1n) is 7.77. The lowest BCUT2D eigenvalue weighted by Gasteiger charge is -2.14. The summed E-state index contributed by atoms with van der Waals surface area (Å²) < 4.78 is 59.6. The van der Waals surface area contributed by atoms with E-state index in [9.17, 15) is 22.4 Å². The van der Waals surface area contributed by atoms with Gasteiger partial charge in [-0.05, 0) is 24.3 Å². The lowest BCUT2D eigenvalue weighted by molar-refractivity contribution is -0.0539. The molecule has 148 valence electrons. The molecular weight excluding hydrogens is 406 g/mol. The quantitative estimate of drug-likeness (QED) is 0.585. The highest BCUT2D eigenvalue weighted by molar-refractivity contribution is 6.30. The van der Waals surface area contributed by atoms with Gasteiger partial charge < -0.3 is 14.8 Å². The largest absolute Gasteiger partial charge is 0.435 e. The fourth-order valence-corrected chi connectivity index (χ4v) is 2.58. The molecule has 0 bridgehead atoms. The molecule has 1 N–H and O–H groups in total. The van der Waals surface area contributed by atoms with E-state index in [2.05, 4.69) is 19.8 Å². The summed E-state index contributed by atoms with van der Waals surface area (Å²) in [5, 5.41) is 3.14. The summed E-state index contributed by atoms with van der Waals surface area (Å²) in [7, 11) is 0. The number of nitrogens with one attached hydrogen (secondary N) is 1. The van der Waals surface area contributed by atoms with Crippen LogP contribution in [-0.4, -0.2) is 22.6 Å². The van der Waals surface area contributed by atoms with E-state index in [-0.39, 0.29) is 23.5 Å². The summed E-state index contributed by atoms with van der Waals surface area (Å²) in [4.78, 5) is 16.4. The molecule has 0 aliphatic carbocycles. The number of hydrogen-bond donors (Lipinski definition) is 1. The molecule has 0 aliphatic heterocycles. The van der Waals surface area contributed by atoms with Crippen LogP contribution in [0.5, 0.6) is 11.5 Å². The zero-order chi connectivity index (χ0) is 20.3. The SMILES string of the molecule is O=c1cc(CNc2ccc(OC(F)F)cc2OC(F)F)nc2ccc(Cl)cn12. The van der Waals surface area contributed by atoms with Crippen molar-refractivity contribution in [2.24, 2.45) is 0 Å². The zero-order valence-corrected chi connectivity index (χ0v) is 14.7. The van der Waals surface area contributed by atoms with E-state index in [1.807, 2.05) is 0 Å². The third kappa shape index (κ3) is 4.83. The van der Waals surface area contributed by atoms with E-state index in [0.29, 0.717) is 16.4 Å². The first kappa shape index (κ1) is 19.7. The summed E-state index contributed by atoms with van der Waals surface area (Å²) >= 11 is 5.84. The van der Waals surface area contributed by atoms with Crippen LogP contribution in [0.15, 0.2) is 47.4 Å². The van der Waals surface area contributed by atoms with Crippen LogP contribution in [0.4, 0.5) is 23.2 Å². The fraction of sp³-hybridized carbons (Fsp3) is 0.176. The van der Waals surface area contributed by atoms with Crippen molar-refractivity contribution in [3.8, 4) is 11.5 Å². The van der Waals surface area contributed by atoms with Gasteiger partial charge in [0, 0.05) is 18.3 Å². The minimum absolute atomic E-state index is 0.0109. The lowest BCUT2D eigenvalue weighted by Crippen LogP contribution is -2.17. The van der Waals surface area contributed by atoms with E-state index in [4.69, 9.17) is 11.6 Å². The Morgan fingerprint density at radius 1 is 1.07 bits per heavy atom. The zero-order valence-electron chi connectivity index (χ0n) is 13.9. The van der Waals surface area contributed by atoms with Gasteiger partial charge in [-0.2, -0.15) is 17.6 Å². The third-order valence-electron chi connectivity index (χ3n) is 3.53. The number of halogens is 5. The Hall–Kier alpha value is -3.01. The van der Waals surface area contributed by atoms with Gasteiger partial charge in [0.15, 0.2) is 5.75 Å². The van der Waals surface area contributed by atoms with Crippen LogP contribution < -0.4 is 20.3 Å². The third-order valence-corrected chi connectivity index (χ3v) is 3.75. The number of pyridine rings is 1. The van der Waals surface area contributed by atoms with Gasteiger partial charge in [0.2, 0.25) is 0 Å². The Morgan fingerprint density at radius 3 is 2.54 bits per heavy atom. The highest BCUT2D eigenvalue weighted by Crippen LogP contribution is 2.31. The van der Waals surface area contributed by atoms with Crippen molar-refractivity contribution >= 4 is 22.9 Å². The standard InChI is InChI=1S/C17H12ClF4N3O3/c18-9-1-4-14-24-10(5-15(26)25(14)8-9)7-23-12-3-2-11(27-16(19)20)6-13(12)28-17(21)22/h1-6,8,16-17,23H,7H2. The van der Waals surface area contributed by atoms with E-state index in [0.717, 1.165) is 12.1 Å². The van der Waals surface area contributed by atoms with Gasteiger partial charge in [0.1, 0.15) is 11.4 Å². The molecule has 11 heteroatoms. The van der Waals surface area contributed by atoms with Crippen molar-refractivity contribution in [3.63, 3.8) is 0 Å². The topological polar surface area (TPSA) is 64.9 Å². The van der Waals surface area contributed by atoms with Gasteiger partial charge in [-0.25, -0.2) is 4.98 Å². The maximum absolute atomic E-state index is 12.6. The van der Waals surface area contributed by atoms with Gasteiger partial charge in [-0.1, -0.05) is 11.6 Å². The Balaban J connectivity index is 1.84. The maximum Gasteiger partial charge on any atom is 0.387 e. The number of aromatic nitrogens is 2. The number of anilines is 1. The maximum atomic E-state index is 12.6. The molecule has 0 radical (unpaired) electrons. The number of fused-ring (bicyclic) bond motifs is 1. The van der Waals surface area contributed by atoms with Gasteiger partial charge in [0.25, 0.3) is 5.56 Å². The van der Waals surface area contributed by atoms with Crippen LogP contribution in [-0.2, 0) is 6.54 Å². The summed E-state index contributed by atoms with van der Waals surface area (Å²) in [6.45, 7) is -6.29. The molecule has 0 fully saturated rings. The monoisotopic (exact) mass is 417 g/mol. The van der Waals surface area contributed by atoms with E-state index in [1.165, 1.54) is 22.7 Å². The predicted octanol–water partition coefficient (Wildman–Crippen LogP) is 4.16. The van der Waals surface area contributed by atoms with Crippen LogP contribution in [0, 0.1) is 0 Å². The van der Waals surface area contributed by atoms with Crippen LogP contribution in [0.2, 0.25) is 5.02 Å². The Labute approximate surface area is 160 Å². The number of hydrogen-bond acceptors (Lipinski definition) is 5. The number of nitrogens with zero attached hydrogens (tertiary/aromatic N) is 2. The van der Waals surface area contributed by atoms with Gasteiger partial charge >= 0.3 is 13.2 Å². The van der Waals surface area contributed by atoms with Crippen molar-refractivity contribution < 1.29 is 27.0 Å². The molecule has 6 nitrogen and oxygen atoms in total. The summed E-state index contributed by atoms with van der Waals surface area (Å²) in [5.41, 5.74) is 0.371. The van der Waals surface area contributed by atoms with Gasteiger partial charge in [-0.15, -0.1) is 0 Å². The molecule has 0 aliphatic rings. The van der Waals surface area contributed by atoms with Crippen molar-refractivity contribution in [2.45, 2.75) is 19.8 Å². The van der Waals surface area contributed by atoms with Crippen LogP contribution in [0.3, 0.4) is 0 Å². The highest BCUT2D eigenvalue weighted by Gasteiger charge is 2.14. The minimum atomic E-state index is -3.17. The average Bonchev–Trinajstić information content (AvgIpc) is 2.61. The highest BCUT2D eigenvalue weighted by atomic mass is 35.5. The van der Waals surface area contributed by atoms with Crippen molar-refractivity contribution in [1.82, 2.24) is 9.38 Å². The summed E-state index contributed by atoms with van der Waals surface area (Å²) in [6, 6.07) is 7.68. The van der Waals surface area contributed by atoms with Crippen LogP contribution >= 0.6 is 11.6 Å². The molecule has 0 unspecified atom stereocenters. The number of rotatable bonds is 7. The van der Waals surface area contributed by atoms with Crippen molar-refractivity contribution in [2.75, 3.05) is 5.32 Å². The summed E-state index contributed by atoms with van der Waals surface area (Å²) in [6.07, 6.45) is 1.42. The molecule has 0 saturated heterocycles. The molecule has 3 rings (SSSR count). The van der Waals surface area contributed by atoms with Gasteiger partial charge in [-0.3, -0.25) is 9.20 Å². The molecule has 2 aromatic heterocycles. The molecule has 3 aromatic rings. The van der Waals surface area contributed by atoms with Crippen molar-refractivity contribution in [3.05, 3.63) is 63.7 Å². The molecule has 1 aromatic carbocycles. The van der Waals surface area contributed by atoms with E-state index >= 15 is 0 Å². The molecule has 0 saturated carbocycles. The number of benzene rings is 1. The second-order valence-electron chi connectivity index (χ2n) is 5.43. The normalized spacial score (nSPS) is 11.2. The average molecular weight is 418 g/mol. The fourth-order valence-electron chi connectivity index (χ4n) is 2.42. The van der Waals surface area contributed by atoms with Crippen LogP contribution in [0.1, 0.15) is 5.69 Å². The Morgan fingerprint density at radius 2 is 1.82 bits per heavy atom. The second kappa shape index (κ2) is 8.34. The van der Waals surface area contributed by atoms with E-state index < -0.39 is 19.0 Å². The molecular formula is C17H12ClF4N3O3. The minimum Gasteiger partial charge on any atom is -0.435 e. The number of ether oxygens (including phenoxy) is 2. The van der Waals surface area contributed by atoms with Crippen LogP contribution in [0.25, 0.3) is 5.65 Å². The Bertz CT molecular complexity index is 1050. The molecule has 0 amide bonds. The predicted molar refractivity (Wildman–Crippen MR) is 93.5 cm³/mol. The van der Waals surface area contributed by atoms with Crippen molar-refractivity contribution in [1.29, 1.82) is 0 Å². The molecule has 28 heavy (non-hydrogen) atoms. The second-order valence-corrected chi connectivity index (χ2v) is 5.87. The molecule has 0 spiro atoms.